The summed E-state index contributed by atoms with van der Waals surface area (Å²) in [5, 5.41) is 11.6. The molecule has 0 amide bonds. The van der Waals surface area contributed by atoms with Crippen molar-refractivity contribution in [1.29, 1.82) is 5.26 Å². The molecule has 0 spiro atoms. The lowest BCUT2D eigenvalue weighted by molar-refractivity contribution is 0.0606. The monoisotopic (exact) mass is 363 g/mol. The second-order valence-electron chi connectivity index (χ2n) is 7.22. The molecule has 1 fully saturated rings. The number of nitriles is 1. The Bertz CT molecular complexity index is 1100. The van der Waals surface area contributed by atoms with Crippen LogP contribution in [0.5, 0.6) is 0 Å². The number of thiazole rings is 1. The number of methoxy groups -OCH3 is 1. The fourth-order valence-corrected chi connectivity index (χ4v) is 5.20. The maximum absolute atomic E-state index is 11.7. The molecule has 0 radical (unpaired) electrons. The number of hydrogen-bond donors (Lipinski definition) is 0. The molecule has 5 nitrogen and oxygen atoms in total. The normalized spacial score (nSPS) is 23.2. The Balaban J connectivity index is 1.69. The molecule has 130 valence electrons. The Morgan fingerprint density at radius 2 is 2.23 bits per heavy atom. The summed E-state index contributed by atoms with van der Waals surface area (Å²) in [6.45, 7) is 2.25. The molecular weight excluding hydrogens is 346 g/mol. The van der Waals surface area contributed by atoms with E-state index in [1.165, 1.54) is 43.2 Å². The first-order valence-corrected chi connectivity index (χ1v) is 9.56. The highest BCUT2D eigenvalue weighted by Gasteiger charge is 2.45. The molecule has 3 atom stereocenters. The maximum atomic E-state index is 11.7. The fraction of sp³-hybridized carbons (Fsp3) is 0.350. The van der Waals surface area contributed by atoms with Crippen LogP contribution in [0.1, 0.15) is 52.7 Å². The highest BCUT2D eigenvalue weighted by molar-refractivity contribution is 7.16. The highest BCUT2D eigenvalue weighted by Crippen LogP contribution is 2.57. The minimum atomic E-state index is -0.386. The lowest BCUT2D eigenvalue weighted by Gasteiger charge is -2.23. The molecule has 3 heterocycles. The van der Waals surface area contributed by atoms with Gasteiger partial charge in [-0.1, -0.05) is 0 Å². The number of fused-ring (bicyclic) bond motifs is 5. The molecule has 1 saturated carbocycles. The molecule has 1 aromatic carbocycles. The first kappa shape index (κ1) is 15.6. The molecule has 0 bridgehead atoms. The van der Waals surface area contributed by atoms with Crippen molar-refractivity contribution in [1.82, 2.24) is 9.55 Å². The van der Waals surface area contributed by atoms with E-state index in [0.29, 0.717) is 22.4 Å². The summed E-state index contributed by atoms with van der Waals surface area (Å²) in [5.74, 6) is 1.08. The summed E-state index contributed by atoms with van der Waals surface area (Å²) in [6, 6.07) is 9.02. The SMILES string of the molecule is COC(=O)c1cnc(-c2cc(C#N)c3c(c2)cc2n3[C@@H](C)CC3CC23)s1. The molecule has 26 heavy (non-hydrogen) atoms. The van der Waals surface area contributed by atoms with Gasteiger partial charge in [-0.05, 0) is 43.9 Å². The number of esters is 1. The van der Waals surface area contributed by atoms with E-state index in [1.807, 2.05) is 6.07 Å². The number of carbonyl (C=O) groups is 1. The minimum Gasteiger partial charge on any atom is -0.465 e. The molecule has 0 saturated heterocycles. The molecule has 2 aliphatic rings. The van der Waals surface area contributed by atoms with Gasteiger partial charge in [0.2, 0.25) is 0 Å². The number of ether oxygens (including phenoxy) is 1. The Morgan fingerprint density at radius 1 is 1.38 bits per heavy atom. The Morgan fingerprint density at radius 3 is 3.00 bits per heavy atom. The molecule has 3 aromatic rings. The molecular formula is C20H17N3O2S. The van der Waals surface area contributed by atoms with Crippen molar-refractivity contribution in [3.05, 3.63) is 40.5 Å². The summed E-state index contributed by atoms with van der Waals surface area (Å²) in [5.41, 5.74) is 3.95. The van der Waals surface area contributed by atoms with E-state index in [4.69, 9.17) is 4.74 Å². The average molecular weight is 363 g/mol. The van der Waals surface area contributed by atoms with Crippen LogP contribution in [0.15, 0.2) is 24.4 Å². The van der Waals surface area contributed by atoms with Crippen LogP contribution < -0.4 is 0 Å². The highest BCUT2D eigenvalue weighted by atomic mass is 32.1. The zero-order valence-electron chi connectivity index (χ0n) is 14.5. The van der Waals surface area contributed by atoms with Gasteiger partial charge in [-0.15, -0.1) is 11.3 Å². The van der Waals surface area contributed by atoms with Crippen molar-refractivity contribution in [3.63, 3.8) is 0 Å². The maximum Gasteiger partial charge on any atom is 0.349 e. The van der Waals surface area contributed by atoms with Gasteiger partial charge in [0.05, 0.1) is 24.4 Å². The van der Waals surface area contributed by atoms with Crippen molar-refractivity contribution >= 4 is 28.2 Å². The average Bonchev–Trinajstić information content (AvgIpc) is 3.09. The summed E-state index contributed by atoms with van der Waals surface area (Å²) >= 11 is 1.29. The molecule has 0 N–H and O–H groups in total. The van der Waals surface area contributed by atoms with E-state index in [9.17, 15) is 10.1 Å². The predicted molar refractivity (Wildman–Crippen MR) is 99.3 cm³/mol. The van der Waals surface area contributed by atoms with Gasteiger partial charge >= 0.3 is 5.97 Å². The Hall–Kier alpha value is -2.65. The van der Waals surface area contributed by atoms with Gasteiger partial charge in [0, 0.05) is 28.6 Å². The summed E-state index contributed by atoms with van der Waals surface area (Å²) in [7, 11) is 1.36. The van der Waals surface area contributed by atoms with Crippen LogP contribution in [0.4, 0.5) is 0 Å². The van der Waals surface area contributed by atoms with Crippen LogP contribution >= 0.6 is 11.3 Å². The number of benzene rings is 1. The van der Waals surface area contributed by atoms with Crippen molar-refractivity contribution in [3.8, 4) is 16.6 Å². The Labute approximate surface area is 154 Å². The van der Waals surface area contributed by atoms with Gasteiger partial charge in [-0.3, -0.25) is 0 Å². The van der Waals surface area contributed by atoms with Crippen molar-refractivity contribution < 1.29 is 9.53 Å². The van der Waals surface area contributed by atoms with Gasteiger partial charge in [-0.25, -0.2) is 9.78 Å². The van der Waals surface area contributed by atoms with Gasteiger partial charge < -0.3 is 9.30 Å². The summed E-state index contributed by atoms with van der Waals surface area (Å²) in [4.78, 5) is 16.5. The lowest BCUT2D eigenvalue weighted by Crippen LogP contribution is -2.14. The zero-order valence-corrected chi connectivity index (χ0v) is 15.3. The standard InChI is InChI=1S/C20H17N3O2S/c1-10-3-11-6-15(11)16-7-12-4-13(5-14(8-21)18(12)23(10)16)19-22-9-17(26-19)20(24)25-2/h4-5,7,9-11,15H,3,6H2,1-2H3/t10-,11?,15?/m0/s1. The van der Waals surface area contributed by atoms with Crippen LogP contribution in [0.3, 0.4) is 0 Å². The quantitative estimate of drug-likeness (QED) is 0.629. The van der Waals surface area contributed by atoms with Gasteiger partial charge in [0.1, 0.15) is 16.0 Å². The van der Waals surface area contributed by atoms with E-state index in [2.05, 4.69) is 34.7 Å². The van der Waals surface area contributed by atoms with Crippen LogP contribution in [0, 0.1) is 17.2 Å². The molecule has 6 heteroatoms. The van der Waals surface area contributed by atoms with E-state index < -0.39 is 0 Å². The third-order valence-corrected chi connectivity index (χ3v) is 6.64. The molecule has 1 aliphatic carbocycles. The predicted octanol–water partition coefficient (Wildman–Crippen LogP) is 4.49. The van der Waals surface area contributed by atoms with E-state index in [1.54, 1.807) is 0 Å². The van der Waals surface area contributed by atoms with Crippen LogP contribution in [-0.4, -0.2) is 22.6 Å². The van der Waals surface area contributed by atoms with Crippen molar-refractivity contribution in [2.75, 3.05) is 7.11 Å². The van der Waals surface area contributed by atoms with Crippen LogP contribution in [0.2, 0.25) is 0 Å². The number of nitrogens with zero attached hydrogens (tertiary/aromatic N) is 3. The largest absolute Gasteiger partial charge is 0.465 e. The summed E-state index contributed by atoms with van der Waals surface area (Å²) in [6.07, 6.45) is 4.00. The minimum absolute atomic E-state index is 0.386. The first-order valence-electron chi connectivity index (χ1n) is 8.74. The van der Waals surface area contributed by atoms with E-state index in [0.717, 1.165) is 27.4 Å². The third-order valence-electron chi connectivity index (χ3n) is 5.61. The van der Waals surface area contributed by atoms with Crippen LogP contribution in [0.25, 0.3) is 21.5 Å². The smallest absolute Gasteiger partial charge is 0.349 e. The van der Waals surface area contributed by atoms with E-state index >= 15 is 0 Å². The van der Waals surface area contributed by atoms with Crippen molar-refractivity contribution in [2.24, 2.45) is 5.92 Å². The van der Waals surface area contributed by atoms with Gasteiger partial charge in [0.15, 0.2) is 0 Å². The zero-order chi connectivity index (χ0) is 18.0. The molecule has 2 aromatic heterocycles. The summed E-state index contributed by atoms with van der Waals surface area (Å²) < 4.78 is 7.13. The second-order valence-corrected chi connectivity index (χ2v) is 8.25. The number of rotatable bonds is 2. The van der Waals surface area contributed by atoms with Gasteiger partial charge in [-0.2, -0.15) is 5.26 Å². The lowest BCUT2D eigenvalue weighted by atomic mass is 10.0. The Kier molecular flexibility index (Phi) is 3.25. The second kappa shape index (κ2) is 5.42. The first-order chi connectivity index (χ1) is 12.6. The third kappa shape index (κ3) is 2.14. The molecule has 2 unspecified atom stereocenters. The van der Waals surface area contributed by atoms with E-state index in [-0.39, 0.29) is 5.97 Å². The van der Waals surface area contributed by atoms with Gasteiger partial charge in [0.25, 0.3) is 0 Å². The van der Waals surface area contributed by atoms with Crippen molar-refractivity contribution in [2.45, 2.75) is 31.7 Å². The number of hydrogen-bond acceptors (Lipinski definition) is 5. The molecule has 5 rings (SSSR count). The number of aromatic nitrogens is 2. The molecule has 1 aliphatic heterocycles. The fourth-order valence-electron chi connectivity index (χ4n) is 4.38. The number of carbonyl (C=O) groups excluding carboxylic acids is 1. The topological polar surface area (TPSA) is 67.9 Å². The van der Waals surface area contributed by atoms with Crippen LogP contribution in [-0.2, 0) is 4.74 Å².